The molecule has 2 rings (SSSR count). The minimum absolute atomic E-state index is 0.0404. The molecule has 0 saturated carbocycles. The van der Waals surface area contributed by atoms with Crippen molar-refractivity contribution < 1.29 is 18.0 Å². The van der Waals surface area contributed by atoms with Crippen LogP contribution in [0, 0.1) is 5.92 Å². The molecular formula is C17H24N2O4S. The molecule has 0 spiro atoms. The predicted molar refractivity (Wildman–Crippen MR) is 93.6 cm³/mol. The minimum Gasteiger partial charge on any atom is -0.386 e. The lowest BCUT2D eigenvalue weighted by molar-refractivity contribution is -0.138. The topological polar surface area (TPSA) is 76.0 Å². The van der Waals surface area contributed by atoms with Gasteiger partial charge in [0.1, 0.15) is 0 Å². The molecule has 1 heterocycles. The van der Waals surface area contributed by atoms with Gasteiger partial charge in [-0.15, -0.1) is 0 Å². The third-order valence-corrected chi connectivity index (χ3v) is 5.55. The highest BCUT2D eigenvalue weighted by Crippen LogP contribution is 2.19. The molecule has 0 bridgehead atoms. The van der Waals surface area contributed by atoms with Crippen LogP contribution in [0.4, 0.5) is 0 Å². The first-order valence-corrected chi connectivity index (χ1v) is 9.90. The van der Waals surface area contributed by atoms with Crippen LogP contribution in [0.2, 0.25) is 0 Å². The lowest BCUT2D eigenvalue weighted by Crippen LogP contribution is -2.44. The maximum atomic E-state index is 12.4. The lowest BCUT2D eigenvalue weighted by atomic mass is 10.1. The van der Waals surface area contributed by atoms with Gasteiger partial charge < -0.3 is 9.74 Å². The van der Waals surface area contributed by atoms with E-state index in [1.54, 1.807) is 11.1 Å². The standard InChI is InChI=1S/C17H24N2O4S/c1-14(2)11-19(16-8-9-24(21,22)13-16)17(20)12-23-18-10-15-6-4-3-5-7-15/h3-7,10,14,16H,8-9,11-13H2,1-2H3/b18-10-/t16-/m1/s1. The number of rotatable bonds is 7. The van der Waals surface area contributed by atoms with Crippen molar-refractivity contribution in [2.45, 2.75) is 26.3 Å². The third-order valence-electron chi connectivity index (χ3n) is 3.80. The summed E-state index contributed by atoms with van der Waals surface area (Å²) in [5, 5.41) is 3.81. The Morgan fingerprint density at radius 1 is 1.38 bits per heavy atom. The molecule has 1 aromatic carbocycles. The molecule has 1 aromatic rings. The Bertz CT molecular complexity index is 671. The smallest absolute Gasteiger partial charge is 0.263 e. The highest BCUT2D eigenvalue weighted by atomic mass is 32.2. The molecule has 1 fully saturated rings. The zero-order valence-electron chi connectivity index (χ0n) is 14.1. The van der Waals surface area contributed by atoms with Gasteiger partial charge in [0.25, 0.3) is 5.91 Å². The minimum atomic E-state index is -3.04. The number of nitrogens with zero attached hydrogens (tertiary/aromatic N) is 2. The first-order chi connectivity index (χ1) is 11.4. The SMILES string of the molecule is CC(C)CN(C(=O)CO/N=C\c1ccccc1)[C@@H]1CCS(=O)(=O)C1. The van der Waals surface area contributed by atoms with Crippen molar-refractivity contribution in [1.29, 1.82) is 0 Å². The molecule has 1 aliphatic heterocycles. The van der Waals surface area contributed by atoms with Crippen LogP contribution in [0.3, 0.4) is 0 Å². The Hall–Kier alpha value is -1.89. The lowest BCUT2D eigenvalue weighted by Gasteiger charge is -2.29. The van der Waals surface area contributed by atoms with Gasteiger partial charge in [-0.3, -0.25) is 4.79 Å². The predicted octanol–water partition coefficient (Wildman–Crippen LogP) is 1.71. The van der Waals surface area contributed by atoms with Crippen LogP contribution in [-0.4, -0.2) is 56.1 Å². The molecule has 1 amide bonds. The van der Waals surface area contributed by atoms with Crippen molar-refractivity contribution >= 4 is 22.0 Å². The number of hydrogen-bond acceptors (Lipinski definition) is 5. The van der Waals surface area contributed by atoms with E-state index in [0.29, 0.717) is 13.0 Å². The molecule has 1 aliphatic rings. The van der Waals surface area contributed by atoms with Crippen LogP contribution in [-0.2, 0) is 19.5 Å². The largest absolute Gasteiger partial charge is 0.386 e. The van der Waals surface area contributed by atoms with Crippen LogP contribution >= 0.6 is 0 Å². The molecular weight excluding hydrogens is 328 g/mol. The number of carbonyl (C=O) groups is 1. The van der Waals surface area contributed by atoms with Crippen LogP contribution in [0.15, 0.2) is 35.5 Å². The summed E-state index contributed by atoms with van der Waals surface area (Å²) in [4.78, 5) is 19.2. The van der Waals surface area contributed by atoms with Gasteiger partial charge in [-0.1, -0.05) is 49.3 Å². The quantitative estimate of drug-likeness (QED) is 0.553. The van der Waals surface area contributed by atoms with E-state index >= 15 is 0 Å². The van der Waals surface area contributed by atoms with E-state index in [0.717, 1.165) is 5.56 Å². The van der Waals surface area contributed by atoms with Crippen LogP contribution in [0.5, 0.6) is 0 Å². The van der Waals surface area contributed by atoms with E-state index in [1.807, 2.05) is 44.2 Å². The van der Waals surface area contributed by atoms with Gasteiger partial charge in [0.15, 0.2) is 16.4 Å². The molecule has 132 valence electrons. The summed E-state index contributed by atoms with van der Waals surface area (Å²) in [6.07, 6.45) is 2.04. The summed E-state index contributed by atoms with van der Waals surface area (Å²) in [6.45, 7) is 4.33. The fourth-order valence-electron chi connectivity index (χ4n) is 2.68. The highest BCUT2D eigenvalue weighted by Gasteiger charge is 2.34. The molecule has 0 radical (unpaired) electrons. The van der Waals surface area contributed by atoms with E-state index in [9.17, 15) is 13.2 Å². The second kappa shape index (κ2) is 8.28. The number of sulfone groups is 1. The van der Waals surface area contributed by atoms with Crippen molar-refractivity contribution in [1.82, 2.24) is 4.90 Å². The molecule has 6 nitrogen and oxygen atoms in total. The van der Waals surface area contributed by atoms with Crippen molar-refractivity contribution in [3.63, 3.8) is 0 Å². The normalized spacial score (nSPS) is 19.7. The summed E-state index contributed by atoms with van der Waals surface area (Å²) in [7, 11) is -3.04. The number of hydrogen-bond donors (Lipinski definition) is 0. The average Bonchev–Trinajstić information content (AvgIpc) is 2.89. The zero-order valence-corrected chi connectivity index (χ0v) is 14.9. The van der Waals surface area contributed by atoms with Crippen molar-refractivity contribution in [3.05, 3.63) is 35.9 Å². The van der Waals surface area contributed by atoms with E-state index in [4.69, 9.17) is 4.84 Å². The summed E-state index contributed by atoms with van der Waals surface area (Å²) in [5.74, 6) is 0.215. The van der Waals surface area contributed by atoms with Gasteiger partial charge in [-0.2, -0.15) is 0 Å². The molecule has 24 heavy (non-hydrogen) atoms. The fourth-order valence-corrected chi connectivity index (χ4v) is 4.41. The molecule has 0 N–H and O–H groups in total. The van der Waals surface area contributed by atoms with Gasteiger partial charge >= 0.3 is 0 Å². The maximum Gasteiger partial charge on any atom is 0.263 e. The number of amides is 1. The van der Waals surface area contributed by atoms with E-state index in [-0.39, 0.29) is 36.0 Å². The summed E-state index contributed by atoms with van der Waals surface area (Å²) < 4.78 is 23.4. The highest BCUT2D eigenvalue weighted by molar-refractivity contribution is 7.91. The maximum absolute atomic E-state index is 12.4. The molecule has 1 atom stereocenters. The summed E-state index contributed by atoms with van der Waals surface area (Å²) in [6, 6.07) is 9.18. The van der Waals surface area contributed by atoms with Crippen molar-refractivity contribution in [2.75, 3.05) is 24.7 Å². The molecule has 1 saturated heterocycles. The van der Waals surface area contributed by atoms with Gasteiger partial charge in [0.2, 0.25) is 0 Å². The van der Waals surface area contributed by atoms with E-state index in [2.05, 4.69) is 5.16 Å². The Labute approximate surface area is 143 Å². The van der Waals surface area contributed by atoms with Gasteiger partial charge in [-0.05, 0) is 17.9 Å². The number of carbonyl (C=O) groups excluding carboxylic acids is 1. The van der Waals surface area contributed by atoms with E-state index < -0.39 is 9.84 Å². The van der Waals surface area contributed by atoms with Crippen molar-refractivity contribution in [3.8, 4) is 0 Å². The van der Waals surface area contributed by atoms with Gasteiger partial charge in [0.05, 0.1) is 17.7 Å². The van der Waals surface area contributed by atoms with Gasteiger partial charge in [0, 0.05) is 12.6 Å². The monoisotopic (exact) mass is 352 g/mol. The Kier molecular flexibility index (Phi) is 6.36. The third kappa shape index (κ3) is 5.63. The zero-order chi connectivity index (χ0) is 17.6. The van der Waals surface area contributed by atoms with Gasteiger partial charge in [-0.25, -0.2) is 8.42 Å². The van der Waals surface area contributed by atoms with Crippen LogP contribution < -0.4 is 0 Å². The van der Waals surface area contributed by atoms with Crippen molar-refractivity contribution in [2.24, 2.45) is 11.1 Å². The summed E-state index contributed by atoms with van der Waals surface area (Å²) in [5.41, 5.74) is 0.880. The second-order valence-electron chi connectivity index (χ2n) is 6.42. The first-order valence-electron chi connectivity index (χ1n) is 8.07. The molecule has 0 aromatic heterocycles. The molecule has 0 aliphatic carbocycles. The Morgan fingerprint density at radius 3 is 2.67 bits per heavy atom. The second-order valence-corrected chi connectivity index (χ2v) is 8.64. The number of oxime groups is 1. The number of benzene rings is 1. The molecule has 7 heteroatoms. The average molecular weight is 352 g/mol. The summed E-state index contributed by atoms with van der Waals surface area (Å²) >= 11 is 0. The van der Waals surface area contributed by atoms with Crippen LogP contribution in [0.1, 0.15) is 25.8 Å². The van der Waals surface area contributed by atoms with Crippen LogP contribution in [0.25, 0.3) is 0 Å². The fraction of sp³-hybridized carbons (Fsp3) is 0.529. The Morgan fingerprint density at radius 2 is 2.08 bits per heavy atom. The first kappa shape index (κ1) is 18.4. The molecule has 0 unspecified atom stereocenters. The van der Waals surface area contributed by atoms with E-state index in [1.165, 1.54) is 0 Å². The Balaban J connectivity index is 1.92.